The molecule has 1 unspecified atom stereocenters. The molecule has 2 N–H and O–H groups in total. The van der Waals surface area contributed by atoms with E-state index in [2.05, 4.69) is 0 Å². The van der Waals surface area contributed by atoms with Crippen LogP contribution in [0.1, 0.15) is 46.0 Å². The SMILES string of the molecule is CCC(C)(N)COCC(=O)N1CCCCCC1. The molecule has 0 saturated carbocycles. The summed E-state index contributed by atoms with van der Waals surface area (Å²) in [6, 6.07) is 0. The van der Waals surface area contributed by atoms with Gasteiger partial charge in [0.2, 0.25) is 5.91 Å². The van der Waals surface area contributed by atoms with Crippen molar-refractivity contribution in [2.75, 3.05) is 26.3 Å². The Morgan fingerprint density at radius 2 is 1.88 bits per heavy atom. The summed E-state index contributed by atoms with van der Waals surface area (Å²) < 4.78 is 5.43. The molecule has 1 fully saturated rings. The largest absolute Gasteiger partial charge is 0.370 e. The lowest BCUT2D eigenvalue weighted by Crippen LogP contribution is -2.42. The van der Waals surface area contributed by atoms with E-state index >= 15 is 0 Å². The number of hydrogen-bond donors (Lipinski definition) is 1. The monoisotopic (exact) mass is 242 g/mol. The number of amides is 1. The Balaban J connectivity index is 2.24. The zero-order chi connectivity index (χ0) is 12.7. The van der Waals surface area contributed by atoms with Gasteiger partial charge >= 0.3 is 0 Å². The highest BCUT2D eigenvalue weighted by atomic mass is 16.5. The van der Waals surface area contributed by atoms with E-state index in [-0.39, 0.29) is 18.1 Å². The molecule has 17 heavy (non-hydrogen) atoms. The zero-order valence-electron chi connectivity index (χ0n) is 11.2. The summed E-state index contributed by atoms with van der Waals surface area (Å²) in [6.07, 6.45) is 5.57. The van der Waals surface area contributed by atoms with Gasteiger partial charge in [-0.1, -0.05) is 19.8 Å². The first kappa shape index (κ1) is 14.5. The number of rotatable bonds is 5. The second kappa shape index (κ2) is 6.97. The van der Waals surface area contributed by atoms with Crippen molar-refractivity contribution in [3.8, 4) is 0 Å². The van der Waals surface area contributed by atoms with Gasteiger partial charge in [0.15, 0.2) is 0 Å². The number of nitrogens with two attached hydrogens (primary N) is 1. The minimum Gasteiger partial charge on any atom is -0.370 e. The van der Waals surface area contributed by atoms with Crippen LogP contribution in [0.25, 0.3) is 0 Å². The van der Waals surface area contributed by atoms with Crippen LogP contribution >= 0.6 is 0 Å². The van der Waals surface area contributed by atoms with E-state index in [0.29, 0.717) is 6.61 Å². The average molecular weight is 242 g/mol. The van der Waals surface area contributed by atoms with Crippen LogP contribution in [0.15, 0.2) is 0 Å². The Morgan fingerprint density at radius 1 is 1.29 bits per heavy atom. The van der Waals surface area contributed by atoms with Gasteiger partial charge in [-0.05, 0) is 26.2 Å². The average Bonchev–Trinajstić information content (AvgIpc) is 2.57. The Labute approximate surface area is 104 Å². The molecule has 0 spiro atoms. The third kappa shape index (κ3) is 5.50. The lowest BCUT2D eigenvalue weighted by atomic mass is 10.0. The first-order valence-electron chi connectivity index (χ1n) is 6.69. The number of carbonyl (C=O) groups is 1. The van der Waals surface area contributed by atoms with Crippen molar-refractivity contribution in [2.45, 2.75) is 51.5 Å². The number of ether oxygens (including phenoxy) is 1. The Kier molecular flexibility index (Phi) is 5.92. The highest BCUT2D eigenvalue weighted by Gasteiger charge is 2.19. The van der Waals surface area contributed by atoms with Crippen molar-refractivity contribution < 1.29 is 9.53 Å². The van der Waals surface area contributed by atoms with Crippen LogP contribution in [-0.2, 0) is 9.53 Å². The van der Waals surface area contributed by atoms with Gasteiger partial charge in [0.1, 0.15) is 6.61 Å². The van der Waals surface area contributed by atoms with Crippen LogP contribution in [0.4, 0.5) is 0 Å². The van der Waals surface area contributed by atoms with Crippen LogP contribution in [0.3, 0.4) is 0 Å². The predicted octanol–water partition coefficient (Wildman–Crippen LogP) is 1.53. The standard InChI is InChI=1S/C13H26N2O2/c1-3-13(2,14)11-17-10-12(16)15-8-6-4-5-7-9-15/h3-11,14H2,1-2H3. The highest BCUT2D eigenvalue weighted by molar-refractivity contribution is 5.77. The smallest absolute Gasteiger partial charge is 0.248 e. The van der Waals surface area contributed by atoms with Gasteiger partial charge in [0.25, 0.3) is 0 Å². The molecule has 1 aliphatic rings. The Bertz CT molecular complexity index is 234. The van der Waals surface area contributed by atoms with E-state index in [1.807, 2.05) is 18.7 Å². The molecule has 0 aromatic carbocycles. The highest BCUT2D eigenvalue weighted by Crippen LogP contribution is 2.10. The first-order chi connectivity index (χ1) is 8.05. The fourth-order valence-electron chi connectivity index (χ4n) is 1.88. The molecule has 0 aliphatic carbocycles. The van der Waals surface area contributed by atoms with Crippen LogP contribution in [0.5, 0.6) is 0 Å². The fraction of sp³-hybridized carbons (Fsp3) is 0.923. The summed E-state index contributed by atoms with van der Waals surface area (Å²) >= 11 is 0. The number of likely N-dealkylation sites (tertiary alicyclic amines) is 1. The second-order valence-corrected chi connectivity index (χ2v) is 5.30. The third-order valence-electron chi connectivity index (χ3n) is 3.42. The van der Waals surface area contributed by atoms with Gasteiger partial charge in [-0.2, -0.15) is 0 Å². The molecule has 0 aromatic rings. The van der Waals surface area contributed by atoms with Gasteiger partial charge in [0, 0.05) is 18.6 Å². The van der Waals surface area contributed by atoms with Gasteiger partial charge in [0.05, 0.1) is 6.61 Å². The molecule has 100 valence electrons. The maximum absolute atomic E-state index is 11.9. The second-order valence-electron chi connectivity index (χ2n) is 5.30. The van der Waals surface area contributed by atoms with Crippen molar-refractivity contribution in [2.24, 2.45) is 5.73 Å². The van der Waals surface area contributed by atoms with E-state index < -0.39 is 0 Å². The van der Waals surface area contributed by atoms with E-state index in [1.165, 1.54) is 12.8 Å². The molecular weight excluding hydrogens is 216 g/mol. The Hall–Kier alpha value is -0.610. The molecule has 0 radical (unpaired) electrons. The molecule has 0 aromatic heterocycles. The fourth-order valence-corrected chi connectivity index (χ4v) is 1.88. The number of carbonyl (C=O) groups excluding carboxylic acids is 1. The van der Waals surface area contributed by atoms with Gasteiger partial charge in [-0.15, -0.1) is 0 Å². The molecule has 1 atom stereocenters. The van der Waals surface area contributed by atoms with Gasteiger partial charge in [-0.3, -0.25) is 4.79 Å². The van der Waals surface area contributed by atoms with Crippen molar-refractivity contribution >= 4 is 5.91 Å². The van der Waals surface area contributed by atoms with Crippen molar-refractivity contribution in [1.29, 1.82) is 0 Å². The van der Waals surface area contributed by atoms with E-state index in [1.54, 1.807) is 0 Å². The molecule has 4 nitrogen and oxygen atoms in total. The van der Waals surface area contributed by atoms with Crippen molar-refractivity contribution in [1.82, 2.24) is 4.90 Å². The van der Waals surface area contributed by atoms with Crippen LogP contribution < -0.4 is 5.73 Å². The minimum absolute atomic E-state index is 0.110. The summed E-state index contributed by atoms with van der Waals surface area (Å²) in [5.74, 6) is 0.110. The van der Waals surface area contributed by atoms with Crippen LogP contribution in [-0.4, -0.2) is 42.6 Å². The van der Waals surface area contributed by atoms with Crippen LogP contribution in [0, 0.1) is 0 Å². The van der Waals surface area contributed by atoms with Crippen LogP contribution in [0.2, 0.25) is 0 Å². The minimum atomic E-state index is -0.320. The summed E-state index contributed by atoms with van der Waals surface area (Å²) in [4.78, 5) is 13.8. The predicted molar refractivity (Wildman–Crippen MR) is 68.8 cm³/mol. The van der Waals surface area contributed by atoms with E-state index in [4.69, 9.17) is 10.5 Å². The molecule has 1 aliphatic heterocycles. The lowest BCUT2D eigenvalue weighted by Gasteiger charge is -2.24. The van der Waals surface area contributed by atoms with Crippen molar-refractivity contribution in [3.05, 3.63) is 0 Å². The molecule has 0 bridgehead atoms. The molecule has 1 amide bonds. The number of nitrogens with zero attached hydrogens (tertiary/aromatic N) is 1. The quantitative estimate of drug-likeness (QED) is 0.795. The molecular formula is C13H26N2O2. The summed E-state index contributed by atoms with van der Waals surface area (Å²) in [5.41, 5.74) is 5.64. The molecule has 1 saturated heterocycles. The maximum atomic E-state index is 11.9. The first-order valence-corrected chi connectivity index (χ1v) is 6.69. The Morgan fingerprint density at radius 3 is 2.41 bits per heavy atom. The normalized spacial score (nSPS) is 20.8. The van der Waals surface area contributed by atoms with E-state index in [9.17, 15) is 4.79 Å². The molecule has 4 heteroatoms. The molecule has 1 rings (SSSR count). The molecule has 1 heterocycles. The van der Waals surface area contributed by atoms with E-state index in [0.717, 1.165) is 32.4 Å². The van der Waals surface area contributed by atoms with Crippen molar-refractivity contribution in [3.63, 3.8) is 0 Å². The third-order valence-corrected chi connectivity index (χ3v) is 3.42. The summed E-state index contributed by atoms with van der Waals surface area (Å²) in [5, 5.41) is 0. The maximum Gasteiger partial charge on any atom is 0.248 e. The van der Waals surface area contributed by atoms with Gasteiger partial charge in [-0.25, -0.2) is 0 Å². The summed E-state index contributed by atoms with van der Waals surface area (Å²) in [7, 11) is 0. The van der Waals surface area contributed by atoms with Gasteiger partial charge < -0.3 is 15.4 Å². The lowest BCUT2D eigenvalue weighted by molar-refractivity contribution is -0.136. The summed E-state index contributed by atoms with van der Waals surface area (Å²) in [6.45, 7) is 6.37. The topological polar surface area (TPSA) is 55.6 Å². The zero-order valence-corrected chi connectivity index (χ0v) is 11.2. The number of hydrogen-bond acceptors (Lipinski definition) is 3.